The minimum Gasteiger partial charge on any atom is -0.254 e. The lowest BCUT2D eigenvalue weighted by Crippen LogP contribution is -1.89. The zero-order valence-corrected chi connectivity index (χ0v) is 8.12. The van der Waals surface area contributed by atoms with E-state index in [2.05, 4.69) is 35.8 Å². The van der Waals surface area contributed by atoms with Gasteiger partial charge in [-0.05, 0) is 12.1 Å². The standard InChI is InChI=1S/C9H7N7/c1-2-6(7-4-11-15-13-7)9(10-3-1)8-5-12-16-14-8/h1-5H,(H,11,13,15)(H,12,14,16). The Balaban J connectivity index is 2.19. The first-order valence-corrected chi connectivity index (χ1v) is 4.62. The molecule has 0 aromatic carbocycles. The van der Waals surface area contributed by atoms with Crippen molar-refractivity contribution < 1.29 is 0 Å². The summed E-state index contributed by atoms with van der Waals surface area (Å²) in [6, 6.07) is 3.75. The topological polar surface area (TPSA) is 96.0 Å². The van der Waals surface area contributed by atoms with E-state index in [1.807, 2.05) is 12.1 Å². The number of H-pyrrole nitrogens is 2. The van der Waals surface area contributed by atoms with Crippen molar-refractivity contribution in [3.05, 3.63) is 30.7 Å². The van der Waals surface area contributed by atoms with Gasteiger partial charge in [-0.3, -0.25) is 4.98 Å². The molecule has 0 atom stereocenters. The number of nitrogens with zero attached hydrogens (tertiary/aromatic N) is 5. The highest BCUT2D eigenvalue weighted by atomic mass is 15.3. The molecule has 78 valence electrons. The van der Waals surface area contributed by atoms with Crippen molar-refractivity contribution in [1.82, 2.24) is 35.8 Å². The van der Waals surface area contributed by atoms with Crippen LogP contribution in [0, 0.1) is 0 Å². The quantitative estimate of drug-likeness (QED) is 0.651. The normalized spacial score (nSPS) is 10.5. The average molecular weight is 213 g/mol. The van der Waals surface area contributed by atoms with Crippen LogP contribution in [0.1, 0.15) is 0 Å². The number of aromatic nitrogens is 7. The Kier molecular flexibility index (Phi) is 1.93. The van der Waals surface area contributed by atoms with E-state index in [0.29, 0.717) is 5.69 Å². The van der Waals surface area contributed by atoms with Crippen molar-refractivity contribution in [2.45, 2.75) is 0 Å². The SMILES string of the molecule is c1cnc(-c2cn[nH]n2)c(-c2cn[nH]n2)c1. The van der Waals surface area contributed by atoms with Gasteiger partial charge in [0.15, 0.2) is 0 Å². The molecule has 0 aliphatic carbocycles. The smallest absolute Gasteiger partial charge is 0.131 e. The van der Waals surface area contributed by atoms with Gasteiger partial charge in [0.2, 0.25) is 0 Å². The molecule has 0 spiro atoms. The maximum Gasteiger partial charge on any atom is 0.131 e. The molecule has 7 nitrogen and oxygen atoms in total. The van der Waals surface area contributed by atoms with Crippen molar-refractivity contribution in [1.29, 1.82) is 0 Å². The molecule has 0 saturated carbocycles. The molecular weight excluding hydrogens is 206 g/mol. The van der Waals surface area contributed by atoms with Crippen LogP contribution >= 0.6 is 0 Å². The molecule has 16 heavy (non-hydrogen) atoms. The van der Waals surface area contributed by atoms with Gasteiger partial charge in [0.05, 0.1) is 12.4 Å². The Morgan fingerprint density at radius 1 is 0.938 bits per heavy atom. The van der Waals surface area contributed by atoms with Crippen molar-refractivity contribution in [2.24, 2.45) is 0 Å². The van der Waals surface area contributed by atoms with Crippen molar-refractivity contribution in [2.75, 3.05) is 0 Å². The first kappa shape index (κ1) is 8.72. The molecule has 7 heteroatoms. The zero-order valence-electron chi connectivity index (χ0n) is 8.12. The lowest BCUT2D eigenvalue weighted by atomic mass is 10.1. The highest BCUT2D eigenvalue weighted by molar-refractivity contribution is 5.75. The van der Waals surface area contributed by atoms with E-state index in [4.69, 9.17) is 0 Å². The summed E-state index contributed by atoms with van der Waals surface area (Å²) in [4.78, 5) is 4.27. The summed E-state index contributed by atoms with van der Waals surface area (Å²) < 4.78 is 0. The number of hydrogen-bond donors (Lipinski definition) is 2. The Morgan fingerprint density at radius 3 is 2.38 bits per heavy atom. The van der Waals surface area contributed by atoms with E-state index >= 15 is 0 Å². The molecule has 0 fully saturated rings. The van der Waals surface area contributed by atoms with Gasteiger partial charge in [-0.15, -0.1) is 0 Å². The molecule has 0 saturated heterocycles. The Hall–Kier alpha value is -2.57. The van der Waals surface area contributed by atoms with Gasteiger partial charge in [0, 0.05) is 11.8 Å². The minimum atomic E-state index is 0.679. The fourth-order valence-electron chi connectivity index (χ4n) is 1.46. The van der Waals surface area contributed by atoms with E-state index in [1.165, 1.54) is 0 Å². The fraction of sp³-hybridized carbons (Fsp3) is 0. The summed E-state index contributed by atoms with van der Waals surface area (Å²) in [6.07, 6.45) is 4.96. The van der Waals surface area contributed by atoms with E-state index in [1.54, 1.807) is 18.6 Å². The van der Waals surface area contributed by atoms with E-state index in [0.717, 1.165) is 17.0 Å². The number of rotatable bonds is 2. The Morgan fingerprint density at radius 2 is 1.69 bits per heavy atom. The van der Waals surface area contributed by atoms with Gasteiger partial charge in [0.1, 0.15) is 17.1 Å². The van der Waals surface area contributed by atoms with Gasteiger partial charge in [-0.1, -0.05) is 0 Å². The molecule has 3 aromatic heterocycles. The van der Waals surface area contributed by atoms with Crippen LogP contribution in [0.2, 0.25) is 0 Å². The Bertz CT molecular complexity index is 516. The third-order valence-electron chi connectivity index (χ3n) is 2.16. The largest absolute Gasteiger partial charge is 0.254 e. The Labute approximate surface area is 89.9 Å². The molecule has 2 N–H and O–H groups in total. The predicted octanol–water partition coefficient (Wildman–Crippen LogP) is 0.652. The zero-order chi connectivity index (χ0) is 10.8. The van der Waals surface area contributed by atoms with Crippen LogP contribution in [-0.2, 0) is 0 Å². The maximum atomic E-state index is 4.27. The molecule has 0 unspecified atom stereocenters. The maximum absolute atomic E-state index is 4.27. The van der Waals surface area contributed by atoms with Crippen molar-refractivity contribution >= 4 is 0 Å². The van der Waals surface area contributed by atoms with Crippen LogP contribution in [-0.4, -0.2) is 35.8 Å². The molecule has 3 rings (SSSR count). The number of aromatic amines is 2. The highest BCUT2D eigenvalue weighted by Gasteiger charge is 2.12. The highest BCUT2D eigenvalue weighted by Crippen LogP contribution is 2.25. The minimum absolute atomic E-state index is 0.679. The molecule has 0 aliphatic rings. The van der Waals surface area contributed by atoms with Crippen LogP contribution in [0.3, 0.4) is 0 Å². The van der Waals surface area contributed by atoms with E-state index in [9.17, 15) is 0 Å². The number of nitrogens with one attached hydrogen (secondary N) is 2. The van der Waals surface area contributed by atoms with Crippen LogP contribution in [0.5, 0.6) is 0 Å². The summed E-state index contributed by atoms with van der Waals surface area (Å²) in [7, 11) is 0. The van der Waals surface area contributed by atoms with Crippen LogP contribution in [0.15, 0.2) is 30.7 Å². The van der Waals surface area contributed by atoms with Gasteiger partial charge in [0.25, 0.3) is 0 Å². The van der Waals surface area contributed by atoms with Gasteiger partial charge < -0.3 is 0 Å². The molecule has 3 aromatic rings. The molecule has 0 bridgehead atoms. The molecule has 0 amide bonds. The fourth-order valence-corrected chi connectivity index (χ4v) is 1.46. The number of pyridine rings is 1. The molecular formula is C9H7N7. The van der Waals surface area contributed by atoms with Crippen LogP contribution in [0.4, 0.5) is 0 Å². The predicted molar refractivity (Wildman–Crippen MR) is 55.0 cm³/mol. The summed E-state index contributed by atoms with van der Waals surface area (Å²) in [6.45, 7) is 0. The van der Waals surface area contributed by atoms with E-state index < -0.39 is 0 Å². The number of hydrogen-bond acceptors (Lipinski definition) is 5. The molecule has 0 radical (unpaired) electrons. The second kappa shape index (κ2) is 3.54. The third kappa shape index (κ3) is 1.34. The van der Waals surface area contributed by atoms with Crippen molar-refractivity contribution in [3.8, 4) is 22.6 Å². The summed E-state index contributed by atoms with van der Waals surface area (Å²) >= 11 is 0. The first-order chi connectivity index (χ1) is 7.95. The van der Waals surface area contributed by atoms with Crippen molar-refractivity contribution in [3.63, 3.8) is 0 Å². The lowest BCUT2D eigenvalue weighted by Gasteiger charge is -2.01. The second-order valence-electron chi connectivity index (χ2n) is 3.11. The molecule has 3 heterocycles. The lowest BCUT2D eigenvalue weighted by molar-refractivity contribution is 0.939. The van der Waals surface area contributed by atoms with Gasteiger partial charge in [-0.25, -0.2) is 0 Å². The summed E-state index contributed by atoms with van der Waals surface area (Å²) in [5, 5.41) is 20.7. The van der Waals surface area contributed by atoms with Crippen LogP contribution in [0.25, 0.3) is 22.6 Å². The first-order valence-electron chi connectivity index (χ1n) is 4.62. The van der Waals surface area contributed by atoms with Gasteiger partial charge in [-0.2, -0.15) is 30.8 Å². The van der Waals surface area contributed by atoms with Gasteiger partial charge >= 0.3 is 0 Å². The second-order valence-corrected chi connectivity index (χ2v) is 3.11. The monoisotopic (exact) mass is 213 g/mol. The third-order valence-corrected chi connectivity index (χ3v) is 2.16. The van der Waals surface area contributed by atoms with E-state index in [-0.39, 0.29) is 0 Å². The summed E-state index contributed by atoms with van der Waals surface area (Å²) in [5.74, 6) is 0. The average Bonchev–Trinajstić information content (AvgIpc) is 3.03. The molecule has 0 aliphatic heterocycles. The van der Waals surface area contributed by atoms with Crippen LogP contribution < -0.4 is 0 Å². The summed E-state index contributed by atoms with van der Waals surface area (Å²) in [5.41, 5.74) is 3.00.